The molecule has 3 heterocycles. The molecule has 0 atom stereocenters. The van der Waals surface area contributed by atoms with Crippen molar-refractivity contribution in [3.63, 3.8) is 0 Å². The number of aromatic nitrogens is 4. The number of hydrogen-bond donors (Lipinski definition) is 0. The van der Waals surface area contributed by atoms with E-state index < -0.39 is 0 Å². The SMILES string of the molecule is C1=CC(c2ccc3c(c2)c2ccc(-c4ccccc4)cc2n3-c2cccc3c2oc2cccc(-c4nc(-c5ccccc5)nc(-c5ccccc5)n4)c23)=CCC1. The molecule has 3 aromatic heterocycles. The lowest BCUT2D eigenvalue weighted by molar-refractivity contribution is 0.666. The van der Waals surface area contributed by atoms with Crippen LogP contribution < -0.4 is 0 Å². The molecule has 7 aromatic carbocycles. The van der Waals surface area contributed by atoms with Gasteiger partial charge in [0.25, 0.3) is 0 Å². The first-order chi connectivity index (χ1) is 27.8. The van der Waals surface area contributed by atoms with Crippen LogP contribution in [0.2, 0.25) is 0 Å². The topological polar surface area (TPSA) is 56.7 Å². The van der Waals surface area contributed by atoms with E-state index >= 15 is 0 Å². The van der Waals surface area contributed by atoms with Crippen LogP contribution in [0.3, 0.4) is 0 Å². The highest BCUT2D eigenvalue weighted by Gasteiger charge is 2.22. The lowest BCUT2D eigenvalue weighted by atomic mass is 9.97. The molecule has 0 fully saturated rings. The molecule has 0 aliphatic heterocycles. The summed E-state index contributed by atoms with van der Waals surface area (Å²) >= 11 is 0. The summed E-state index contributed by atoms with van der Waals surface area (Å²) in [5.41, 5.74) is 12.4. The number of benzene rings is 7. The highest BCUT2D eigenvalue weighted by atomic mass is 16.3. The molecule has 0 spiro atoms. The van der Waals surface area contributed by atoms with Crippen molar-refractivity contribution in [3.8, 4) is 51.0 Å². The molecule has 0 radical (unpaired) electrons. The average Bonchev–Trinajstić information content (AvgIpc) is 3.83. The smallest absolute Gasteiger partial charge is 0.164 e. The zero-order valence-corrected chi connectivity index (χ0v) is 30.4. The van der Waals surface area contributed by atoms with Gasteiger partial charge in [-0.15, -0.1) is 0 Å². The quantitative estimate of drug-likeness (QED) is 0.172. The molecule has 1 aliphatic rings. The Balaban J connectivity index is 1.16. The van der Waals surface area contributed by atoms with Crippen LogP contribution in [0.4, 0.5) is 0 Å². The van der Waals surface area contributed by atoms with Crippen molar-refractivity contribution in [1.29, 1.82) is 0 Å². The minimum absolute atomic E-state index is 0.597. The number of allylic oxidation sites excluding steroid dienone is 4. The zero-order chi connectivity index (χ0) is 37.0. The first-order valence-corrected chi connectivity index (χ1v) is 19.1. The number of fused-ring (bicyclic) bond motifs is 6. The van der Waals surface area contributed by atoms with Crippen molar-refractivity contribution in [3.05, 3.63) is 188 Å². The second kappa shape index (κ2) is 13.2. The molecule has 5 nitrogen and oxygen atoms in total. The van der Waals surface area contributed by atoms with Crippen LogP contribution in [0.5, 0.6) is 0 Å². The van der Waals surface area contributed by atoms with Crippen molar-refractivity contribution in [2.24, 2.45) is 0 Å². The van der Waals surface area contributed by atoms with Gasteiger partial charge in [-0.2, -0.15) is 0 Å². The van der Waals surface area contributed by atoms with Crippen LogP contribution in [0, 0.1) is 0 Å². The molecule has 264 valence electrons. The molecule has 0 amide bonds. The van der Waals surface area contributed by atoms with Crippen molar-refractivity contribution in [2.75, 3.05) is 0 Å². The van der Waals surface area contributed by atoms with Crippen molar-refractivity contribution < 1.29 is 4.42 Å². The second-order valence-electron chi connectivity index (χ2n) is 14.3. The van der Waals surface area contributed by atoms with Gasteiger partial charge < -0.3 is 8.98 Å². The largest absolute Gasteiger partial charge is 0.454 e. The normalized spacial score (nSPS) is 12.9. The Kier molecular flexibility index (Phi) is 7.56. The van der Waals surface area contributed by atoms with Crippen LogP contribution in [0.25, 0.3) is 100 Å². The molecular formula is C51H34N4O. The zero-order valence-electron chi connectivity index (χ0n) is 30.4. The van der Waals surface area contributed by atoms with Gasteiger partial charge >= 0.3 is 0 Å². The van der Waals surface area contributed by atoms with E-state index in [0.29, 0.717) is 17.5 Å². The molecule has 0 unspecified atom stereocenters. The third-order valence-electron chi connectivity index (χ3n) is 10.9. The molecule has 0 saturated carbocycles. The van der Waals surface area contributed by atoms with Gasteiger partial charge in [-0.1, -0.05) is 152 Å². The number of furan rings is 1. The van der Waals surface area contributed by atoms with Crippen molar-refractivity contribution in [2.45, 2.75) is 12.8 Å². The van der Waals surface area contributed by atoms with E-state index in [2.05, 4.69) is 114 Å². The van der Waals surface area contributed by atoms with E-state index in [4.69, 9.17) is 19.4 Å². The maximum absolute atomic E-state index is 6.92. The van der Waals surface area contributed by atoms with E-state index in [1.54, 1.807) is 0 Å². The van der Waals surface area contributed by atoms with Crippen molar-refractivity contribution >= 4 is 49.3 Å². The van der Waals surface area contributed by atoms with Crippen LogP contribution in [-0.2, 0) is 0 Å². The summed E-state index contributed by atoms with van der Waals surface area (Å²) in [4.78, 5) is 15.1. The Bertz CT molecular complexity index is 3120. The minimum Gasteiger partial charge on any atom is -0.454 e. The Labute approximate surface area is 323 Å². The molecule has 10 aromatic rings. The van der Waals surface area contributed by atoms with E-state index in [1.165, 1.54) is 27.5 Å². The fourth-order valence-electron chi connectivity index (χ4n) is 8.22. The van der Waals surface area contributed by atoms with Gasteiger partial charge in [-0.3, -0.25) is 0 Å². The van der Waals surface area contributed by atoms with Gasteiger partial charge in [-0.05, 0) is 65.4 Å². The summed E-state index contributed by atoms with van der Waals surface area (Å²) < 4.78 is 9.30. The second-order valence-corrected chi connectivity index (χ2v) is 14.3. The third-order valence-corrected chi connectivity index (χ3v) is 10.9. The van der Waals surface area contributed by atoms with Crippen LogP contribution in [0.1, 0.15) is 18.4 Å². The predicted molar refractivity (Wildman–Crippen MR) is 230 cm³/mol. The van der Waals surface area contributed by atoms with Gasteiger partial charge in [-0.25, -0.2) is 15.0 Å². The number of nitrogens with zero attached hydrogens (tertiary/aromatic N) is 4. The van der Waals surface area contributed by atoms with Gasteiger partial charge in [0.05, 0.1) is 16.7 Å². The molecule has 0 N–H and O–H groups in total. The Morgan fingerprint density at radius 1 is 0.464 bits per heavy atom. The molecule has 0 saturated heterocycles. The van der Waals surface area contributed by atoms with Crippen molar-refractivity contribution in [1.82, 2.24) is 19.5 Å². The third kappa shape index (κ3) is 5.36. The summed E-state index contributed by atoms with van der Waals surface area (Å²) in [6, 6.07) is 57.1. The van der Waals surface area contributed by atoms with Crippen LogP contribution in [-0.4, -0.2) is 19.5 Å². The fourth-order valence-corrected chi connectivity index (χ4v) is 8.22. The molecule has 56 heavy (non-hydrogen) atoms. The fraction of sp³-hybridized carbons (Fsp3) is 0.0392. The lowest BCUT2D eigenvalue weighted by Gasteiger charge is -2.11. The highest BCUT2D eigenvalue weighted by molar-refractivity contribution is 6.16. The molecule has 11 rings (SSSR count). The van der Waals surface area contributed by atoms with Gasteiger partial charge in [0, 0.05) is 38.2 Å². The standard InChI is InChI=1S/C51H34N4O/c1-5-15-33(16-6-1)37-28-30-43-42(31-37)39-29-27-38(34-17-7-2-8-18-34)32-45(39)55(43)44-25-13-23-40-47-41(24-14-26-46(47)56-48(40)44)51-53-49(35-19-9-3-10-20-35)52-50(54-51)36-21-11-4-12-22-36/h2-5,7-32H,1,6H2. The lowest BCUT2D eigenvalue weighted by Crippen LogP contribution is -2.00. The summed E-state index contributed by atoms with van der Waals surface area (Å²) in [5.74, 6) is 1.84. The minimum atomic E-state index is 0.597. The molecule has 1 aliphatic carbocycles. The monoisotopic (exact) mass is 718 g/mol. The molecular weight excluding hydrogens is 685 g/mol. The first-order valence-electron chi connectivity index (χ1n) is 19.1. The highest BCUT2D eigenvalue weighted by Crippen LogP contribution is 2.42. The van der Waals surface area contributed by atoms with E-state index in [-0.39, 0.29) is 0 Å². The molecule has 0 bridgehead atoms. The van der Waals surface area contributed by atoms with Gasteiger partial charge in [0.15, 0.2) is 23.1 Å². The van der Waals surface area contributed by atoms with Gasteiger partial charge in [0.1, 0.15) is 5.58 Å². The number of para-hydroxylation sites is 1. The van der Waals surface area contributed by atoms with Crippen LogP contribution >= 0.6 is 0 Å². The maximum atomic E-state index is 6.92. The van der Waals surface area contributed by atoms with E-state index in [0.717, 1.165) is 73.8 Å². The number of rotatable bonds is 6. The Morgan fingerprint density at radius 3 is 1.86 bits per heavy atom. The van der Waals surface area contributed by atoms with Gasteiger partial charge in [0.2, 0.25) is 0 Å². The Hall–Kier alpha value is -7.37. The average molecular weight is 719 g/mol. The van der Waals surface area contributed by atoms with E-state index in [9.17, 15) is 0 Å². The predicted octanol–water partition coefficient (Wildman–Crippen LogP) is 13.3. The Morgan fingerprint density at radius 2 is 1.14 bits per heavy atom. The number of hydrogen-bond acceptors (Lipinski definition) is 4. The summed E-state index contributed by atoms with van der Waals surface area (Å²) in [7, 11) is 0. The summed E-state index contributed by atoms with van der Waals surface area (Å²) in [5, 5.41) is 4.37. The first kappa shape index (κ1) is 32.1. The van der Waals surface area contributed by atoms with Crippen LogP contribution in [0.15, 0.2) is 186 Å². The summed E-state index contributed by atoms with van der Waals surface area (Å²) in [6.45, 7) is 0. The van der Waals surface area contributed by atoms with E-state index in [1.807, 2.05) is 72.8 Å². The molecule has 5 heteroatoms. The summed E-state index contributed by atoms with van der Waals surface area (Å²) in [6.07, 6.45) is 9.02. The maximum Gasteiger partial charge on any atom is 0.164 e.